The third kappa shape index (κ3) is 4.55. The maximum atomic E-state index is 13.8. The molecular weight excluding hydrogens is 331 g/mol. The second-order valence-corrected chi connectivity index (χ2v) is 6.03. The first kappa shape index (κ1) is 16.0. The van der Waals surface area contributed by atoms with Crippen LogP contribution in [0.4, 0.5) is 10.1 Å². The molecule has 0 heterocycles. The summed E-state index contributed by atoms with van der Waals surface area (Å²) in [6, 6.07) is 15.1. The van der Waals surface area contributed by atoms with Crippen LogP contribution in [-0.2, 0) is 0 Å². The number of anilines is 1. The molecule has 0 aliphatic heterocycles. The summed E-state index contributed by atoms with van der Waals surface area (Å²) in [4.78, 5) is 2.14. The minimum atomic E-state index is -0.142. The molecule has 1 atom stereocenters. The van der Waals surface area contributed by atoms with Crippen LogP contribution in [0.3, 0.4) is 0 Å². The Kier molecular flexibility index (Phi) is 5.76. The van der Waals surface area contributed by atoms with Crippen LogP contribution in [0.5, 0.6) is 0 Å². The van der Waals surface area contributed by atoms with Gasteiger partial charge in [-0.05, 0) is 38.2 Å². The van der Waals surface area contributed by atoms with E-state index in [1.165, 1.54) is 6.07 Å². The Morgan fingerprint density at radius 1 is 1.19 bits per heavy atom. The summed E-state index contributed by atoms with van der Waals surface area (Å²) in [5.41, 5.74) is 1.82. The molecule has 112 valence electrons. The molecule has 4 heteroatoms. The molecule has 0 spiro atoms. The zero-order valence-corrected chi connectivity index (χ0v) is 13.9. The molecule has 0 aromatic heterocycles. The highest BCUT2D eigenvalue weighted by molar-refractivity contribution is 9.10. The summed E-state index contributed by atoms with van der Waals surface area (Å²) >= 11 is 3.45. The van der Waals surface area contributed by atoms with Crippen molar-refractivity contribution in [3.8, 4) is 0 Å². The van der Waals surface area contributed by atoms with Gasteiger partial charge in [0, 0.05) is 34.9 Å². The largest absolute Gasteiger partial charge is 0.384 e. The molecular formula is C17H20BrFN2. The van der Waals surface area contributed by atoms with Gasteiger partial charge in [0.15, 0.2) is 0 Å². The van der Waals surface area contributed by atoms with Gasteiger partial charge in [-0.15, -0.1) is 0 Å². The van der Waals surface area contributed by atoms with E-state index in [4.69, 9.17) is 0 Å². The lowest BCUT2D eigenvalue weighted by Crippen LogP contribution is -2.28. The first-order valence-electron chi connectivity index (χ1n) is 7.02. The van der Waals surface area contributed by atoms with Crippen LogP contribution >= 0.6 is 15.9 Å². The molecule has 21 heavy (non-hydrogen) atoms. The van der Waals surface area contributed by atoms with Crippen LogP contribution in [0, 0.1) is 5.82 Å². The second-order valence-electron chi connectivity index (χ2n) is 5.12. The van der Waals surface area contributed by atoms with Gasteiger partial charge < -0.3 is 5.32 Å². The van der Waals surface area contributed by atoms with Gasteiger partial charge in [0.1, 0.15) is 5.82 Å². The highest BCUT2D eigenvalue weighted by Gasteiger charge is 2.14. The number of likely N-dealkylation sites (N-methyl/N-ethyl adjacent to an activating group) is 1. The van der Waals surface area contributed by atoms with Crippen molar-refractivity contribution in [2.24, 2.45) is 0 Å². The van der Waals surface area contributed by atoms with Gasteiger partial charge in [-0.25, -0.2) is 4.39 Å². The zero-order chi connectivity index (χ0) is 15.2. The lowest BCUT2D eigenvalue weighted by molar-refractivity contribution is 0.266. The van der Waals surface area contributed by atoms with E-state index in [2.05, 4.69) is 26.1 Å². The van der Waals surface area contributed by atoms with Crippen molar-refractivity contribution >= 4 is 21.6 Å². The number of benzene rings is 2. The SMILES string of the molecule is CC(c1ccccc1F)N(C)CCNc1cccc(Br)c1. The normalized spacial score (nSPS) is 12.4. The van der Waals surface area contributed by atoms with Crippen molar-refractivity contribution in [1.29, 1.82) is 0 Å². The molecule has 0 aliphatic carbocycles. The number of hydrogen-bond donors (Lipinski definition) is 1. The van der Waals surface area contributed by atoms with Gasteiger partial charge in [-0.2, -0.15) is 0 Å². The van der Waals surface area contributed by atoms with E-state index in [9.17, 15) is 4.39 Å². The number of nitrogens with zero attached hydrogens (tertiary/aromatic N) is 1. The molecule has 1 unspecified atom stereocenters. The fraction of sp³-hybridized carbons (Fsp3) is 0.294. The van der Waals surface area contributed by atoms with Crippen LogP contribution < -0.4 is 5.32 Å². The van der Waals surface area contributed by atoms with E-state index < -0.39 is 0 Å². The number of halogens is 2. The Bertz CT molecular complexity index is 589. The van der Waals surface area contributed by atoms with Gasteiger partial charge in [-0.3, -0.25) is 4.90 Å². The van der Waals surface area contributed by atoms with Crippen LogP contribution in [0.2, 0.25) is 0 Å². The van der Waals surface area contributed by atoms with Crippen molar-refractivity contribution in [2.45, 2.75) is 13.0 Å². The highest BCUT2D eigenvalue weighted by Crippen LogP contribution is 2.21. The summed E-state index contributed by atoms with van der Waals surface area (Å²) in [7, 11) is 2.01. The Morgan fingerprint density at radius 2 is 1.95 bits per heavy atom. The van der Waals surface area contributed by atoms with Gasteiger partial charge in [0.25, 0.3) is 0 Å². The van der Waals surface area contributed by atoms with Crippen LogP contribution in [0.1, 0.15) is 18.5 Å². The minimum Gasteiger partial charge on any atom is -0.384 e. The number of nitrogens with one attached hydrogen (secondary N) is 1. The quantitative estimate of drug-likeness (QED) is 0.812. The van der Waals surface area contributed by atoms with Crippen molar-refractivity contribution < 1.29 is 4.39 Å². The van der Waals surface area contributed by atoms with Gasteiger partial charge in [-0.1, -0.05) is 40.2 Å². The molecule has 0 bridgehead atoms. The van der Waals surface area contributed by atoms with E-state index in [0.717, 1.165) is 28.8 Å². The Labute approximate surface area is 134 Å². The number of hydrogen-bond acceptors (Lipinski definition) is 2. The first-order valence-corrected chi connectivity index (χ1v) is 7.81. The highest BCUT2D eigenvalue weighted by atomic mass is 79.9. The summed E-state index contributed by atoms with van der Waals surface area (Å²) in [6.07, 6.45) is 0. The Hall–Kier alpha value is -1.39. The van der Waals surface area contributed by atoms with E-state index in [1.807, 2.05) is 50.4 Å². The second kappa shape index (κ2) is 7.57. The van der Waals surface area contributed by atoms with E-state index >= 15 is 0 Å². The smallest absolute Gasteiger partial charge is 0.127 e. The predicted molar refractivity (Wildman–Crippen MR) is 90.1 cm³/mol. The average molecular weight is 351 g/mol. The standard InChI is InChI=1S/C17H20BrFN2/c1-13(16-8-3-4-9-17(16)19)21(2)11-10-20-15-7-5-6-14(18)12-15/h3-9,12-13,20H,10-11H2,1-2H3. The molecule has 0 aliphatic rings. The Balaban J connectivity index is 1.87. The molecule has 0 fully saturated rings. The monoisotopic (exact) mass is 350 g/mol. The molecule has 2 aromatic carbocycles. The summed E-state index contributed by atoms with van der Waals surface area (Å²) < 4.78 is 14.8. The van der Waals surface area contributed by atoms with Crippen molar-refractivity contribution in [2.75, 3.05) is 25.5 Å². The first-order chi connectivity index (χ1) is 10.1. The van der Waals surface area contributed by atoms with Crippen LogP contribution in [-0.4, -0.2) is 25.0 Å². The lowest BCUT2D eigenvalue weighted by Gasteiger charge is -2.25. The molecule has 0 saturated heterocycles. The summed E-state index contributed by atoms with van der Waals surface area (Å²) in [5, 5.41) is 3.37. The van der Waals surface area contributed by atoms with Gasteiger partial charge in [0.05, 0.1) is 0 Å². The molecule has 0 saturated carbocycles. The molecule has 2 aromatic rings. The molecule has 2 rings (SSSR count). The van der Waals surface area contributed by atoms with E-state index in [1.54, 1.807) is 6.07 Å². The van der Waals surface area contributed by atoms with Crippen molar-refractivity contribution in [3.63, 3.8) is 0 Å². The fourth-order valence-electron chi connectivity index (χ4n) is 2.22. The van der Waals surface area contributed by atoms with Crippen LogP contribution in [0.25, 0.3) is 0 Å². The average Bonchev–Trinajstić information content (AvgIpc) is 2.47. The molecule has 2 nitrogen and oxygen atoms in total. The third-order valence-corrected chi connectivity index (χ3v) is 4.13. The third-order valence-electron chi connectivity index (χ3n) is 3.63. The lowest BCUT2D eigenvalue weighted by atomic mass is 10.1. The Morgan fingerprint density at radius 3 is 2.67 bits per heavy atom. The number of rotatable bonds is 6. The predicted octanol–water partition coefficient (Wildman–Crippen LogP) is 4.69. The van der Waals surface area contributed by atoms with E-state index in [-0.39, 0.29) is 11.9 Å². The molecule has 1 N–H and O–H groups in total. The maximum Gasteiger partial charge on any atom is 0.127 e. The van der Waals surface area contributed by atoms with Crippen molar-refractivity contribution in [1.82, 2.24) is 4.90 Å². The minimum absolute atomic E-state index is 0.0514. The maximum absolute atomic E-state index is 13.8. The zero-order valence-electron chi connectivity index (χ0n) is 12.3. The van der Waals surface area contributed by atoms with Gasteiger partial charge in [0.2, 0.25) is 0 Å². The summed E-state index contributed by atoms with van der Waals surface area (Å²) in [5.74, 6) is -0.142. The fourth-order valence-corrected chi connectivity index (χ4v) is 2.62. The topological polar surface area (TPSA) is 15.3 Å². The van der Waals surface area contributed by atoms with Gasteiger partial charge >= 0.3 is 0 Å². The molecule has 0 radical (unpaired) electrons. The molecule has 0 amide bonds. The summed E-state index contributed by atoms with van der Waals surface area (Å²) in [6.45, 7) is 3.67. The van der Waals surface area contributed by atoms with Crippen LogP contribution in [0.15, 0.2) is 53.0 Å². The van der Waals surface area contributed by atoms with Crippen molar-refractivity contribution in [3.05, 3.63) is 64.4 Å². The van der Waals surface area contributed by atoms with E-state index in [0.29, 0.717) is 0 Å².